The van der Waals surface area contributed by atoms with Gasteiger partial charge in [-0.05, 0) is 31.0 Å². The summed E-state index contributed by atoms with van der Waals surface area (Å²) in [5.74, 6) is -0.249. The molecule has 0 saturated heterocycles. The minimum atomic E-state index is -0.249. The second kappa shape index (κ2) is 7.90. The lowest BCUT2D eigenvalue weighted by molar-refractivity contribution is 0.106. The van der Waals surface area contributed by atoms with Crippen molar-refractivity contribution in [2.75, 3.05) is 6.61 Å². The van der Waals surface area contributed by atoms with E-state index >= 15 is 0 Å². The van der Waals surface area contributed by atoms with Crippen LogP contribution in [0.25, 0.3) is 0 Å². The molecule has 0 bridgehead atoms. The molecule has 1 heterocycles. The number of aryl methyl sites for hydroxylation is 2. The molecule has 1 atom stereocenters. The fraction of sp³-hybridized carbons (Fsp3) is 0.471. The van der Waals surface area contributed by atoms with Crippen LogP contribution in [-0.2, 0) is 20.1 Å². The van der Waals surface area contributed by atoms with E-state index in [1.807, 2.05) is 20.9 Å². The lowest BCUT2D eigenvalue weighted by Gasteiger charge is -2.30. The largest absolute Gasteiger partial charge is 0.395 e. The van der Waals surface area contributed by atoms with E-state index in [4.69, 9.17) is 11.6 Å². The first-order valence-electron chi connectivity index (χ1n) is 7.73. The van der Waals surface area contributed by atoms with Crippen molar-refractivity contribution in [3.63, 3.8) is 0 Å². The number of nitrogens with zero attached hydrogens (tertiary/aromatic N) is 3. The highest BCUT2D eigenvalue weighted by molar-refractivity contribution is 6.30. The molecular weight excluding hydrogens is 317 g/mol. The Morgan fingerprint density at radius 3 is 2.43 bits per heavy atom. The van der Waals surface area contributed by atoms with Crippen LogP contribution < -0.4 is 0 Å². The van der Waals surface area contributed by atoms with Crippen molar-refractivity contribution in [1.82, 2.24) is 14.7 Å². The van der Waals surface area contributed by atoms with Gasteiger partial charge in [0, 0.05) is 31.7 Å². The molecular formula is C17H23ClFN3O. The van der Waals surface area contributed by atoms with Gasteiger partial charge in [0.05, 0.1) is 12.3 Å². The number of rotatable bonds is 7. The zero-order valence-electron chi connectivity index (χ0n) is 13.8. The molecule has 0 aliphatic heterocycles. The fourth-order valence-electron chi connectivity index (χ4n) is 2.70. The molecule has 0 aliphatic rings. The molecule has 0 radical (unpaired) electrons. The van der Waals surface area contributed by atoms with Crippen LogP contribution in [0.3, 0.4) is 0 Å². The summed E-state index contributed by atoms with van der Waals surface area (Å²) >= 11 is 6.33. The smallest absolute Gasteiger partial charge is 0.131 e. The maximum atomic E-state index is 13.1. The minimum Gasteiger partial charge on any atom is -0.395 e. The summed E-state index contributed by atoms with van der Waals surface area (Å²) in [6.07, 6.45) is 0.814. The van der Waals surface area contributed by atoms with Gasteiger partial charge in [0.2, 0.25) is 0 Å². The van der Waals surface area contributed by atoms with Crippen LogP contribution in [0.5, 0.6) is 0 Å². The third kappa shape index (κ3) is 4.31. The Morgan fingerprint density at radius 1 is 1.30 bits per heavy atom. The lowest BCUT2D eigenvalue weighted by Crippen LogP contribution is -2.36. The van der Waals surface area contributed by atoms with Crippen molar-refractivity contribution in [3.8, 4) is 0 Å². The summed E-state index contributed by atoms with van der Waals surface area (Å²) in [4.78, 5) is 2.16. The van der Waals surface area contributed by atoms with Gasteiger partial charge in [-0.25, -0.2) is 4.39 Å². The third-order valence-corrected chi connectivity index (χ3v) is 4.60. The normalized spacial score (nSPS) is 12.8. The minimum absolute atomic E-state index is 0.00993. The monoisotopic (exact) mass is 339 g/mol. The molecule has 0 spiro atoms. The molecule has 1 N–H and O–H groups in total. The summed E-state index contributed by atoms with van der Waals surface area (Å²) in [7, 11) is 1.81. The van der Waals surface area contributed by atoms with E-state index in [9.17, 15) is 9.50 Å². The molecule has 0 fully saturated rings. The molecule has 0 saturated carbocycles. The van der Waals surface area contributed by atoms with E-state index in [-0.39, 0.29) is 18.5 Å². The Balaban J connectivity index is 2.25. The van der Waals surface area contributed by atoms with Crippen molar-refractivity contribution >= 4 is 11.6 Å². The zero-order valence-corrected chi connectivity index (χ0v) is 14.5. The van der Waals surface area contributed by atoms with Gasteiger partial charge < -0.3 is 5.11 Å². The Bertz CT molecular complexity index is 638. The molecule has 2 aromatic rings. The summed E-state index contributed by atoms with van der Waals surface area (Å²) in [5, 5.41) is 14.6. The standard InChI is InChI=1S/C17H23ClFN3O/c1-4-15(11-23)22(9-13-5-7-14(19)8-6-13)10-16-12(2)20-21(3)17(16)18/h5-8,15,23H,4,9-11H2,1-3H3/t15-/m0/s1. The van der Waals surface area contributed by atoms with Gasteiger partial charge in [0.1, 0.15) is 11.0 Å². The predicted molar refractivity (Wildman–Crippen MR) is 89.8 cm³/mol. The van der Waals surface area contributed by atoms with Gasteiger partial charge in [-0.1, -0.05) is 30.7 Å². The quantitative estimate of drug-likeness (QED) is 0.841. The van der Waals surface area contributed by atoms with Crippen molar-refractivity contribution in [1.29, 1.82) is 0 Å². The topological polar surface area (TPSA) is 41.3 Å². The van der Waals surface area contributed by atoms with E-state index in [0.29, 0.717) is 18.2 Å². The SMILES string of the molecule is CC[C@@H](CO)N(Cc1ccc(F)cc1)Cc1c(C)nn(C)c1Cl. The highest BCUT2D eigenvalue weighted by Gasteiger charge is 2.21. The first-order valence-corrected chi connectivity index (χ1v) is 8.11. The zero-order chi connectivity index (χ0) is 17.0. The first kappa shape index (κ1) is 17.9. The van der Waals surface area contributed by atoms with Crippen molar-refractivity contribution in [3.05, 3.63) is 52.1 Å². The fourth-order valence-corrected chi connectivity index (χ4v) is 2.93. The Hall–Kier alpha value is -1.43. The number of aliphatic hydroxyl groups is 1. The molecule has 1 aromatic carbocycles. The van der Waals surface area contributed by atoms with Gasteiger partial charge in [-0.2, -0.15) is 5.10 Å². The summed E-state index contributed by atoms with van der Waals surface area (Å²) in [6, 6.07) is 6.45. The highest BCUT2D eigenvalue weighted by atomic mass is 35.5. The van der Waals surface area contributed by atoms with Crippen LogP contribution in [0.15, 0.2) is 24.3 Å². The van der Waals surface area contributed by atoms with Gasteiger partial charge in [-0.3, -0.25) is 9.58 Å². The van der Waals surface area contributed by atoms with E-state index in [1.54, 1.807) is 16.8 Å². The Kier molecular flexibility index (Phi) is 6.16. The maximum absolute atomic E-state index is 13.1. The molecule has 0 amide bonds. The predicted octanol–water partition coefficient (Wildman–Crippen LogP) is 3.29. The third-order valence-electron chi connectivity index (χ3n) is 4.13. The molecule has 1 aromatic heterocycles. The van der Waals surface area contributed by atoms with Gasteiger partial charge in [-0.15, -0.1) is 0 Å². The van der Waals surface area contributed by atoms with Crippen LogP contribution in [-0.4, -0.2) is 32.4 Å². The average Bonchev–Trinajstić information content (AvgIpc) is 2.77. The second-order valence-electron chi connectivity index (χ2n) is 5.75. The van der Waals surface area contributed by atoms with E-state index in [1.165, 1.54) is 12.1 Å². The molecule has 4 nitrogen and oxygen atoms in total. The van der Waals surface area contributed by atoms with Crippen LogP contribution in [0.1, 0.15) is 30.2 Å². The van der Waals surface area contributed by atoms with E-state index in [0.717, 1.165) is 23.2 Å². The molecule has 0 aliphatic carbocycles. The van der Waals surface area contributed by atoms with Crippen LogP contribution >= 0.6 is 11.6 Å². The van der Waals surface area contributed by atoms with E-state index < -0.39 is 0 Å². The van der Waals surface area contributed by atoms with Crippen LogP contribution in [0.4, 0.5) is 4.39 Å². The van der Waals surface area contributed by atoms with Gasteiger partial charge >= 0.3 is 0 Å². The highest BCUT2D eigenvalue weighted by Crippen LogP contribution is 2.23. The van der Waals surface area contributed by atoms with Crippen molar-refractivity contribution in [2.45, 2.75) is 39.4 Å². The molecule has 0 unspecified atom stereocenters. The Labute approximate surface area is 141 Å². The maximum Gasteiger partial charge on any atom is 0.131 e. The number of aliphatic hydroxyl groups excluding tert-OH is 1. The second-order valence-corrected chi connectivity index (χ2v) is 6.11. The van der Waals surface area contributed by atoms with Gasteiger partial charge in [0.15, 0.2) is 0 Å². The number of benzene rings is 1. The molecule has 23 heavy (non-hydrogen) atoms. The first-order chi connectivity index (χ1) is 11.0. The lowest BCUT2D eigenvalue weighted by atomic mass is 10.1. The number of hydrogen-bond acceptors (Lipinski definition) is 3. The van der Waals surface area contributed by atoms with Crippen molar-refractivity contribution in [2.24, 2.45) is 7.05 Å². The molecule has 2 rings (SSSR count). The number of aromatic nitrogens is 2. The Morgan fingerprint density at radius 2 is 1.96 bits per heavy atom. The summed E-state index contributed by atoms with van der Waals surface area (Å²) in [5.41, 5.74) is 2.84. The number of halogens is 2. The summed E-state index contributed by atoms with van der Waals surface area (Å²) in [6.45, 7) is 5.24. The average molecular weight is 340 g/mol. The molecule has 6 heteroatoms. The van der Waals surface area contributed by atoms with Gasteiger partial charge in [0.25, 0.3) is 0 Å². The molecule has 126 valence electrons. The van der Waals surface area contributed by atoms with E-state index in [2.05, 4.69) is 10.00 Å². The number of hydrogen-bond donors (Lipinski definition) is 1. The van der Waals surface area contributed by atoms with Crippen LogP contribution in [0, 0.1) is 12.7 Å². The summed E-state index contributed by atoms with van der Waals surface area (Å²) < 4.78 is 14.7. The van der Waals surface area contributed by atoms with Crippen molar-refractivity contribution < 1.29 is 9.50 Å². The van der Waals surface area contributed by atoms with Crippen LogP contribution in [0.2, 0.25) is 5.15 Å².